The normalized spacial score (nSPS) is 14.5. The summed E-state index contributed by atoms with van der Waals surface area (Å²) in [4.78, 5) is 0. The van der Waals surface area contributed by atoms with Crippen molar-refractivity contribution in [2.45, 2.75) is 0 Å². The Morgan fingerprint density at radius 1 is 0.690 bits per heavy atom. The predicted molar refractivity (Wildman–Crippen MR) is 122 cm³/mol. The van der Waals surface area contributed by atoms with E-state index in [9.17, 15) is 0 Å². The first kappa shape index (κ1) is 18.5. The van der Waals surface area contributed by atoms with Gasteiger partial charge in [-0.1, -0.05) is 71.7 Å². The third kappa shape index (κ3) is 3.60. The molecule has 0 saturated carbocycles. The Hall–Kier alpha value is -2.51. The van der Waals surface area contributed by atoms with Crippen molar-refractivity contribution < 1.29 is 9.47 Å². The third-order valence-corrected chi connectivity index (χ3v) is 7.68. The van der Waals surface area contributed by atoms with Gasteiger partial charge in [0.2, 0.25) is 0 Å². The van der Waals surface area contributed by atoms with E-state index in [0.717, 1.165) is 16.8 Å². The zero-order valence-electron chi connectivity index (χ0n) is 15.2. The summed E-state index contributed by atoms with van der Waals surface area (Å²) in [5.41, 5.74) is 0. The van der Waals surface area contributed by atoms with E-state index in [0.29, 0.717) is 21.5 Å². The van der Waals surface area contributed by atoms with Gasteiger partial charge < -0.3 is 9.47 Å². The summed E-state index contributed by atoms with van der Waals surface area (Å²) in [6.45, 7) is 0. The van der Waals surface area contributed by atoms with Crippen molar-refractivity contribution in [2.75, 3.05) is 0 Å². The fourth-order valence-electron chi connectivity index (χ4n) is 3.34. The van der Waals surface area contributed by atoms with E-state index >= 15 is 0 Å². The van der Waals surface area contributed by atoms with Crippen LogP contribution in [0.3, 0.4) is 0 Å². The Morgan fingerprint density at radius 3 is 2.31 bits per heavy atom. The molecule has 0 saturated heterocycles. The Bertz CT molecular complexity index is 1190. The van der Waals surface area contributed by atoms with Gasteiger partial charge in [-0.05, 0) is 49.6 Å². The fraction of sp³-hybridized carbons (Fsp3) is 0. The largest absolute Gasteiger partial charge is 0.456 e. The van der Waals surface area contributed by atoms with Crippen LogP contribution in [0.2, 0.25) is 10.0 Å². The van der Waals surface area contributed by atoms with Gasteiger partial charge in [-0.15, -0.1) is 0 Å². The molecule has 5 rings (SSSR count). The first-order chi connectivity index (χ1) is 14.2. The number of benzene rings is 4. The maximum atomic E-state index is 6.28. The number of hydrogen-bond acceptors (Lipinski definition) is 2. The van der Waals surface area contributed by atoms with Crippen molar-refractivity contribution in [2.24, 2.45) is 0 Å². The molecule has 0 amide bonds. The van der Waals surface area contributed by atoms with Crippen LogP contribution in [0.15, 0.2) is 91.0 Å². The van der Waals surface area contributed by atoms with Crippen LogP contribution in [0, 0.1) is 0 Å². The lowest BCUT2D eigenvalue weighted by Gasteiger charge is -2.29. The molecule has 0 bridgehead atoms. The van der Waals surface area contributed by atoms with Crippen LogP contribution >= 0.6 is 31.1 Å². The highest BCUT2D eigenvalue weighted by Crippen LogP contribution is 2.46. The van der Waals surface area contributed by atoms with Crippen LogP contribution in [0.1, 0.15) is 0 Å². The second-order valence-electron chi connectivity index (χ2n) is 6.55. The molecule has 1 aliphatic rings. The number of halogens is 2. The molecule has 1 aliphatic heterocycles. The van der Waals surface area contributed by atoms with Gasteiger partial charge in [-0.25, -0.2) is 0 Å². The average molecular weight is 437 g/mol. The predicted octanol–water partition coefficient (Wildman–Crippen LogP) is 6.65. The first-order valence-corrected chi connectivity index (χ1v) is 11.2. The molecule has 1 heterocycles. The summed E-state index contributed by atoms with van der Waals surface area (Å²) in [6, 6.07) is 29.8. The summed E-state index contributed by atoms with van der Waals surface area (Å²) < 4.78 is 12.3. The van der Waals surface area contributed by atoms with Gasteiger partial charge >= 0.3 is 0 Å². The van der Waals surface area contributed by atoms with E-state index in [1.165, 1.54) is 10.6 Å². The summed E-state index contributed by atoms with van der Waals surface area (Å²) in [6.07, 6.45) is 0. The first-order valence-electron chi connectivity index (χ1n) is 9.08. The Morgan fingerprint density at radius 2 is 1.45 bits per heavy atom. The summed E-state index contributed by atoms with van der Waals surface area (Å²) >= 11 is 12.4. The topological polar surface area (TPSA) is 18.5 Å². The zero-order chi connectivity index (χ0) is 19.8. The van der Waals surface area contributed by atoms with E-state index in [1.807, 2.05) is 36.4 Å². The van der Waals surface area contributed by atoms with Gasteiger partial charge in [0.1, 0.15) is 23.0 Å². The molecule has 4 aromatic carbocycles. The lowest BCUT2D eigenvalue weighted by atomic mass is 10.3. The lowest BCUT2D eigenvalue weighted by molar-refractivity contribution is 0.473. The molecular weight excluding hydrogens is 422 g/mol. The van der Waals surface area contributed by atoms with Crippen LogP contribution < -0.4 is 25.4 Å². The summed E-state index contributed by atoms with van der Waals surface area (Å²) in [5, 5.41) is 4.65. The molecule has 29 heavy (non-hydrogen) atoms. The van der Waals surface area contributed by atoms with Gasteiger partial charge in [-0.2, -0.15) is 0 Å². The molecule has 0 N–H and O–H groups in total. The zero-order valence-corrected chi connectivity index (χ0v) is 17.6. The highest BCUT2D eigenvalue weighted by molar-refractivity contribution is 7.80. The molecule has 5 heteroatoms. The summed E-state index contributed by atoms with van der Waals surface area (Å²) in [7, 11) is -0.767. The van der Waals surface area contributed by atoms with Crippen molar-refractivity contribution in [3.8, 4) is 23.0 Å². The van der Waals surface area contributed by atoms with Gasteiger partial charge in [0.15, 0.2) is 0 Å². The number of rotatable bonds is 3. The van der Waals surface area contributed by atoms with Crippen LogP contribution in [0.25, 0.3) is 0 Å². The minimum Gasteiger partial charge on any atom is -0.456 e. The molecule has 1 unspecified atom stereocenters. The Labute approximate surface area is 180 Å². The molecule has 2 nitrogen and oxygen atoms in total. The van der Waals surface area contributed by atoms with Crippen molar-refractivity contribution in [1.82, 2.24) is 0 Å². The van der Waals surface area contributed by atoms with Crippen LogP contribution in [0.5, 0.6) is 23.0 Å². The monoisotopic (exact) mass is 436 g/mol. The Kier molecular flexibility index (Phi) is 4.93. The minimum atomic E-state index is -0.767. The van der Waals surface area contributed by atoms with E-state index in [1.54, 1.807) is 18.2 Å². The van der Waals surface area contributed by atoms with E-state index < -0.39 is 7.92 Å². The smallest absolute Gasteiger partial charge is 0.147 e. The highest BCUT2D eigenvalue weighted by Gasteiger charge is 2.28. The van der Waals surface area contributed by atoms with Gasteiger partial charge in [0.25, 0.3) is 0 Å². The van der Waals surface area contributed by atoms with Crippen molar-refractivity contribution in [1.29, 1.82) is 0 Å². The average Bonchev–Trinajstić information content (AvgIpc) is 2.75. The standard InChI is InChI=1S/C24H15Cl2O2P/c25-16-10-12-19(26)22(14-16)27-17-11-13-21-24(15-17)29(18-6-2-1-3-7-18)23-9-5-4-8-20(23)28-21/h1-15H. The second-order valence-corrected chi connectivity index (χ2v) is 9.54. The van der Waals surface area contributed by atoms with Gasteiger partial charge in [0.05, 0.1) is 5.02 Å². The van der Waals surface area contributed by atoms with Crippen molar-refractivity contribution in [3.05, 3.63) is 101 Å². The second kappa shape index (κ2) is 7.72. The maximum absolute atomic E-state index is 6.28. The lowest BCUT2D eigenvalue weighted by Crippen LogP contribution is -2.27. The third-order valence-electron chi connectivity index (χ3n) is 4.63. The summed E-state index contributed by atoms with van der Waals surface area (Å²) in [5.74, 6) is 2.98. The fourth-order valence-corrected chi connectivity index (χ4v) is 6.11. The van der Waals surface area contributed by atoms with Crippen molar-refractivity contribution >= 4 is 47.0 Å². The number of hydrogen-bond donors (Lipinski definition) is 0. The highest BCUT2D eigenvalue weighted by atomic mass is 35.5. The molecule has 4 aromatic rings. The quantitative estimate of drug-likeness (QED) is 0.294. The molecule has 0 radical (unpaired) electrons. The maximum Gasteiger partial charge on any atom is 0.147 e. The van der Waals surface area contributed by atoms with Crippen LogP contribution in [-0.4, -0.2) is 0 Å². The van der Waals surface area contributed by atoms with E-state index in [-0.39, 0.29) is 0 Å². The molecule has 0 aliphatic carbocycles. The molecule has 0 aromatic heterocycles. The minimum absolute atomic E-state index is 0.513. The molecule has 0 fully saturated rings. The SMILES string of the molecule is Clc1ccc(Cl)c(Oc2ccc3c(c2)P(c2ccccc2)c2ccccc2O3)c1. The number of ether oxygens (including phenoxy) is 2. The van der Waals surface area contributed by atoms with Gasteiger partial charge in [-0.3, -0.25) is 0 Å². The van der Waals surface area contributed by atoms with E-state index in [4.69, 9.17) is 32.7 Å². The van der Waals surface area contributed by atoms with E-state index in [2.05, 4.69) is 36.4 Å². The van der Waals surface area contributed by atoms with Crippen molar-refractivity contribution in [3.63, 3.8) is 0 Å². The molecular formula is C24H15Cl2O2P. The molecule has 142 valence electrons. The molecule has 1 atom stereocenters. The Balaban J connectivity index is 1.61. The van der Waals surface area contributed by atoms with Crippen LogP contribution in [-0.2, 0) is 0 Å². The van der Waals surface area contributed by atoms with Crippen LogP contribution in [0.4, 0.5) is 0 Å². The molecule has 0 spiro atoms. The number of para-hydroxylation sites is 1. The number of fused-ring (bicyclic) bond motifs is 2. The van der Waals surface area contributed by atoms with Gasteiger partial charge in [0, 0.05) is 21.7 Å².